The number of rotatable bonds is 5. The number of amides is 1. The third kappa shape index (κ3) is 3.98. The second kappa shape index (κ2) is 7.17. The number of nitrogens with one attached hydrogen (secondary N) is 1. The van der Waals surface area contributed by atoms with Gasteiger partial charge in [0.1, 0.15) is 0 Å². The Morgan fingerprint density at radius 2 is 1.95 bits per heavy atom. The van der Waals surface area contributed by atoms with Gasteiger partial charge in [0, 0.05) is 19.5 Å². The Labute approximate surface area is 116 Å². The lowest BCUT2D eigenvalue weighted by Crippen LogP contribution is -2.30. The summed E-state index contributed by atoms with van der Waals surface area (Å²) in [7, 11) is 0. The lowest BCUT2D eigenvalue weighted by atomic mass is 10.1. The first kappa shape index (κ1) is 13.9. The number of carbonyl (C=O) groups excluding carboxylic acids is 1. The molecule has 0 unspecified atom stereocenters. The minimum absolute atomic E-state index is 0.131. The normalized spacial score (nSPS) is 15.3. The number of unbranched alkanes of at least 4 members (excludes halogenated alkanes) is 1. The number of para-hydroxylation sites is 2. The number of nitrogens with zero attached hydrogens (tertiary/aromatic N) is 1. The second-order valence-corrected chi connectivity index (χ2v) is 5.22. The monoisotopic (exact) mass is 260 g/mol. The SMILES string of the molecule is CCCCC(=O)Nc1ccccc1N1CCCCC1. The van der Waals surface area contributed by atoms with Crippen molar-refractivity contribution in [1.29, 1.82) is 0 Å². The van der Waals surface area contributed by atoms with Crippen LogP contribution in [0.2, 0.25) is 0 Å². The molecule has 1 heterocycles. The van der Waals surface area contributed by atoms with Gasteiger partial charge in [-0.15, -0.1) is 0 Å². The minimum Gasteiger partial charge on any atom is -0.370 e. The molecule has 0 atom stereocenters. The van der Waals surface area contributed by atoms with Gasteiger partial charge in [-0.05, 0) is 37.8 Å². The fraction of sp³-hybridized carbons (Fsp3) is 0.562. The first-order chi connectivity index (χ1) is 9.31. The molecule has 1 saturated heterocycles. The lowest BCUT2D eigenvalue weighted by molar-refractivity contribution is -0.116. The Kier molecular flexibility index (Phi) is 5.25. The van der Waals surface area contributed by atoms with Gasteiger partial charge < -0.3 is 10.2 Å². The molecule has 3 nitrogen and oxygen atoms in total. The molecular formula is C16H24N2O. The van der Waals surface area contributed by atoms with E-state index in [1.807, 2.05) is 18.2 Å². The molecule has 1 N–H and O–H groups in total. The predicted molar refractivity (Wildman–Crippen MR) is 80.7 cm³/mol. The molecule has 0 bridgehead atoms. The van der Waals surface area contributed by atoms with E-state index in [1.54, 1.807) is 0 Å². The van der Waals surface area contributed by atoms with E-state index in [4.69, 9.17) is 0 Å². The molecule has 0 aliphatic carbocycles. The maximum absolute atomic E-state index is 11.9. The molecule has 0 radical (unpaired) electrons. The quantitative estimate of drug-likeness (QED) is 0.873. The van der Waals surface area contributed by atoms with Crippen LogP contribution in [0.25, 0.3) is 0 Å². The Balaban J connectivity index is 2.05. The van der Waals surface area contributed by atoms with E-state index < -0.39 is 0 Å². The zero-order valence-corrected chi connectivity index (χ0v) is 11.8. The van der Waals surface area contributed by atoms with Crippen molar-refractivity contribution in [2.75, 3.05) is 23.3 Å². The van der Waals surface area contributed by atoms with Crippen molar-refractivity contribution in [2.24, 2.45) is 0 Å². The van der Waals surface area contributed by atoms with E-state index in [0.29, 0.717) is 6.42 Å². The summed E-state index contributed by atoms with van der Waals surface area (Å²) in [4.78, 5) is 14.3. The van der Waals surface area contributed by atoms with E-state index in [-0.39, 0.29) is 5.91 Å². The van der Waals surface area contributed by atoms with Crippen LogP contribution in [-0.2, 0) is 4.79 Å². The van der Waals surface area contributed by atoms with Crippen molar-refractivity contribution >= 4 is 17.3 Å². The fourth-order valence-electron chi connectivity index (χ4n) is 2.54. The van der Waals surface area contributed by atoms with E-state index in [9.17, 15) is 4.79 Å². The van der Waals surface area contributed by atoms with Gasteiger partial charge in [0.05, 0.1) is 11.4 Å². The largest absolute Gasteiger partial charge is 0.370 e. The summed E-state index contributed by atoms with van der Waals surface area (Å²) in [6, 6.07) is 8.16. The van der Waals surface area contributed by atoms with Gasteiger partial charge in [-0.1, -0.05) is 25.5 Å². The molecule has 0 saturated carbocycles. The van der Waals surface area contributed by atoms with Crippen molar-refractivity contribution in [2.45, 2.75) is 45.4 Å². The third-order valence-corrected chi connectivity index (χ3v) is 3.63. The Morgan fingerprint density at radius 1 is 1.21 bits per heavy atom. The van der Waals surface area contributed by atoms with Crippen LogP contribution in [-0.4, -0.2) is 19.0 Å². The summed E-state index contributed by atoms with van der Waals surface area (Å²) in [5, 5.41) is 3.06. The molecule has 1 aromatic rings. The maximum atomic E-state index is 11.9. The van der Waals surface area contributed by atoms with Crippen LogP contribution in [0.15, 0.2) is 24.3 Å². The Hall–Kier alpha value is -1.51. The first-order valence-electron chi connectivity index (χ1n) is 7.45. The Bertz CT molecular complexity index is 411. The van der Waals surface area contributed by atoms with Gasteiger partial charge in [0.25, 0.3) is 0 Å². The van der Waals surface area contributed by atoms with Gasteiger partial charge in [0.2, 0.25) is 5.91 Å². The van der Waals surface area contributed by atoms with E-state index >= 15 is 0 Å². The second-order valence-electron chi connectivity index (χ2n) is 5.22. The highest BCUT2D eigenvalue weighted by molar-refractivity contribution is 5.94. The zero-order chi connectivity index (χ0) is 13.5. The molecule has 104 valence electrons. The molecule has 3 heteroatoms. The molecule has 0 spiro atoms. The number of hydrogen-bond acceptors (Lipinski definition) is 2. The van der Waals surface area contributed by atoms with Gasteiger partial charge in [0.15, 0.2) is 0 Å². The molecule has 1 aromatic carbocycles. The van der Waals surface area contributed by atoms with Crippen LogP contribution in [0.4, 0.5) is 11.4 Å². The zero-order valence-electron chi connectivity index (χ0n) is 11.8. The summed E-state index contributed by atoms with van der Waals surface area (Å²) in [5.74, 6) is 0.131. The van der Waals surface area contributed by atoms with Crippen LogP contribution >= 0.6 is 0 Å². The third-order valence-electron chi connectivity index (χ3n) is 3.63. The molecule has 1 fully saturated rings. The molecule has 19 heavy (non-hydrogen) atoms. The van der Waals surface area contributed by atoms with Gasteiger partial charge in [-0.25, -0.2) is 0 Å². The summed E-state index contributed by atoms with van der Waals surface area (Å²) < 4.78 is 0. The van der Waals surface area contributed by atoms with Gasteiger partial charge in [-0.2, -0.15) is 0 Å². The molecule has 0 aromatic heterocycles. The van der Waals surface area contributed by atoms with E-state index in [1.165, 1.54) is 24.9 Å². The van der Waals surface area contributed by atoms with Crippen LogP contribution in [0.1, 0.15) is 45.4 Å². The van der Waals surface area contributed by atoms with Crippen LogP contribution in [0.3, 0.4) is 0 Å². The van der Waals surface area contributed by atoms with E-state index in [0.717, 1.165) is 31.6 Å². The summed E-state index contributed by atoms with van der Waals surface area (Å²) >= 11 is 0. The van der Waals surface area contributed by atoms with Crippen molar-refractivity contribution < 1.29 is 4.79 Å². The number of hydrogen-bond donors (Lipinski definition) is 1. The van der Waals surface area contributed by atoms with Crippen molar-refractivity contribution in [3.63, 3.8) is 0 Å². The number of anilines is 2. The number of carbonyl (C=O) groups is 1. The standard InChI is InChI=1S/C16H24N2O/c1-2-3-11-16(19)17-14-9-5-6-10-15(14)18-12-7-4-8-13-18/h5-6,9-10H,2-4,7-8,11-13H2,1H3,(H,17,19). The molecular weight excluding hydrogens is 236 g/mol. The van der Waals surface area contributed by atoms with Crippen LogP contribution in [0.5, 0.6) is 0 Å². The summed E-state index contributed by atoms with van der Waals surface area (Å²) in [5.41, 5.74) is 2.14. The van der Waals surface area contributed by atoms with E-state index in [2.05, 4.69) is 23.2 Å². The first-order valence-corrected chi connectivity index (χ1v) is 7.45. The molecule has 1 aliphatic heterocycles. The molecule has 1 aliphatic rings. The maximum Gasteiger partial charge on any atom is 0.224 e. The van der Waals surface area contributed by atoms with Crippen molar-refractivity contribution in [3.05, 3.63) is 24.3 Å². The Morgan fingerprint density at radius 3 is 2.68 bits per heavy atom. The van der Waals surface area contributed by atoms with Gasteiger partial charge >= 0.3 is 0 Å². The molecule has 1 amide bonds. The fourth-order valence-corrected chi connectivity index (χ4v) is 2.54. The number of piperidine rings is 1. The minimum atomic E-state index is 0.131. The van der Waals surface area contributed by atoms with Crippen molar-refractivity contribution in [1.82, 2.24) is 0 Å². The highest BCUT2D eigenvalue weighted by Gasteiger charge is 2.15. The topological polar surface area (TPSA) is 32.3 Å². The predicted octanol–water partition coefficient (Wildman–Crippen LogP) is 3.81. The molecule has 2 rings (SSSR count). The van der Waals surface area contributed by atoms with Crippen LogP contribution in [0, 0.1) is 0 Å². The number of benzene rings is 1. The smallest absolute Gasteiger partial charge is 0.224 e. The highest BCUT2D eigenvalue weighted by Crippen LogP contribution is 2.28. The van der Waals surface area contributed by atoms with Gasteiger partial charge in [-0.3, -0.25) is 4.79 Å². The van der Waals surface area contributed by atoms with Crippen molar-refractivity contribution in [3.8, 4) is 0 Å². The lowest BCUT2D eigenvalue weighted by Gasteiger charge is -2.30. The summed E-state index contributed by atoms with van der Waals surface area (Å²) in [6.45, 7) is 4.30. The highest BCUT2D eigenvalue weighted by atomic mass is 16.1. The summed E-state index contributed by atoms with van der Waals surface area (Å²) in [6.07, 6.45) is 6.45. The average molecular weight is 260 g/mol. The van der Waals surface area contributed by atoms with Crippen LogP contribution < -0.4 is 10.2 Å². The average Bonchev–Trinajstić information content (AvgIpc) is 2.46.